The highest BCUT2D eigenvalue weighted by Crippen LogP contribution is 2.27. The molecule has 0 saturated carbocycles. The normalized spacial score (nSPS) is 15.5. The van der Waals surface area contributed by atoms with Crippen molar-refractivity contribution >= 4 is 16.8 Å². The maximum atomic E-state index is 12.8. The number of likely N-dealkylation sites (tertiary alicyclic amines) is 1. The summed E-state index contributed by atoms with van der Waals surface area (Å²) in [4.78, 5) is 15.3. The summed E-state index contributed by atoms with van der Waals surface area (Å²) in [6.45, 7) is 5.13. The Labute approximate surface area is 172 Å². The molecule has 0 aliphatic carbocycles. The van der Waals surface area contributed by atoms with Crippen molar-refractivity contribution in [2.75, 3.05) is 26.7 Å². The molecule has 3 aromatic rings. The molecule has 5 heteroatoms. The minimum atomic E-state index is 0.0431. The van der Waals surface area contributed by atoms with E-state index < -0.39 is 0 Å². The summed E-state index contributed by atoms with van der Waals surface area (Å²) in [5.74, 6) is 0.897. The molecule has 1 aromatic heterocycles. The van der Waals surface area contributed by atoms with Crippen molar-refractivity contribution in [3.8, 4) is 5.75 Å². The first-order valence-corrected chi connectivity index (χ1v) is 10.4. The number of hydrogen-bond donors (Lipinski definition) is 1. The summed E-state index contributed by atoms with van der Waals surface area (Å²) in [5, 5.41) is 4.35. The van der Waals surface area contributed by atoms with E-state index in [1.165, 1.54) is 23.8 Å². The first-order valence-electron chi connectivity index (χ1n) is 10.4. The van der Waals surface area contributed by atoms with E-state index in [2.05, 4.69) is 52.0 Å². The van der Waals surface area contributed by atoms with Crippen LogP contribution < -0.4 is 10.1 Å². The fraction of sp³-hybridized carbons (Fsp3) is 0.375. The van der Waals surface area contributed by atoms with Crippen LogP contribution >= 0.6 is 0 Å². The molecule has 0 spiro atoms. The van der Waals surface area contributed by atoms with Crippen LogP contribution in [0.5, 0.6) is 5.75 Å². The Hall–Kier alpha value is -2.79. The fourth-order valence-electron chi connectivity index (χ4n) is 4.33. The molecule has 4 rings (SSSR count). The topological polar surface area (TPSA) is 46.5 Å². The van der Waals surface area contributed by atoms with Crippen molar-refractivity contribution < 1.29 is 9.53 Å². The molecule has 0 bridgehead atoms. The van der Waals surface area contributed by atoms with Gasteiger partial charge in [0.1, 0.15) is 12.3 Å². The molecule has 0 radical (unpaired) electrons. The van der Waals surface area contributed by atoms with Gasteiger partial charge >= 0.3 is 0 Å². The number of amides is 1. The first-order chi connectivity index (χ1) is 14.2. The number of benzene rings is 2. The predicted octanol–water partition coefficient (Wildman–Crippen LogP) is 3.91. The van der Waals surface area contributed by atoms with Crippen molar-refractivity contribution in [3.05, 3.63) is 65.9 Å². The van der Waals surface area contributed by atoms with Gasteiger partial charge in [0, 0.05) is 17.8 Å². The number of carbonyl (C=O) groups is 1. The second kappa shape index (κ2) is 8.70. The third kappa shape index (κ3) is 4.30. The quantitative estimate of drug-likeness (QED) is 0.664. The highest BCUT2D eigenvalue weighted by molar-refractivity contribution is 5.84. The number of para-hydroxylation sites is 1. The average Bonchev–Trinajstić information content (AvgIpc) is 3.37. The van der Waals surface area contributed by atoms with E-state index in [0.717, 1.165) is 30.0 Å². The number of carbonyl (C=O) groups excluding carboxylic acids is 1. The van der Waals surface area contributed by atoms with Crippen molar-refractivity contribution in [2.45, 2.75) is 32.4 Å². The van der Waals surface area contributed by atoms with Crippen molar-refractivity contribution in [1.82, 2.24) is 14.8 Å². The number of fused-ring (bicyclic) bond motifs is 1. The maximum Gasteiger partial charge on any atom is 0.240 e. The summed E-state index contributed by atoms with van der Waals surface area (Å²) < 4.78 is 7.49. The molecular weight excluding hydrogens is 362 g/mol. The smallest absolute Gasteiger partial charge is 0.240 e. The van der Waals surface area contributed by atoms with E-state index >= 15 is 0 Å². The second-order valence-electron chi connectivity index (χ2n) is 7.77. The van der Waals surface area contributed by atoms with Crippen LogP contribution in [0.25, 0.3) is 10.9 Å². The number of nitrogens with zero attached hydrogens (tertiary/aromatic N) is 2. The predicted molar refractivity (Wildman–Crippen MR) is 116 cm³/mol. The standard InChI is InChI=1S/C24H29N3O2/c1-18-14-19-8-3-4-11-22(19)27(18)17-24(28)25-16-23(26-12-5-6-13-26)20-9-7-10-21(15-20)29-2/h3-4,7-11,14-15,23H,5-6,12-13,16-17H2,1-2H3,(H,25,28). The van der Waals surface area contributed by atoms with Gasteiger partial charge in [-0.25, -0.2) is 0 Å². The van der Waals surface area contributed by atoms with Gasteiger partial charge in [-0.2, -0.15) is 0 Å². The second-order valence-corrected chi connectivity index (χ2v) is 7.77. The van der Waals surface area contributed by atoms with Crippen LogP contribution in [-0.2, 0) is 11.3 Å². The number of aromatic nitrogens is 1. The third-order valence-electron chi connectivity index (χ3n) is 5.87. The molecule has 1 N–H and O–H groups in total. The van der Waals surface area contributed by atoms with E-state index in [1.807, 2.05) is 24.3 Å². The number of aryl methyl sites for hydroxylation is 1. The van der Waals surface area contributed by atoms with Crippen molar-refractivity contribution in [2.24, 2.45) is 0 Å². The van der Waals surface area contributed by atoms with Crippen LogP contribution in [0.1, 0.15) is 30.1 Å². The molecule has 1 aliphatic rings. The van der Waals surface area contributed by atoms with Crippen LogP contribution in [0.3, 0.4) is 0 Å². The molecule has 2 heterocycles. The van der Waals surface area contributed by atoms with Crippen LogP contribution in [-0.4, -0.2) is 42.1 Å². The van der Waals surface area contributed by atoms with E-state index in [9.17, 15) is 4.79 Å². The Balaban J connectivity index is 1.48. The van der Waals surface area contributed by atoms with Gasteiger partial charge in [0.25, 0.3) is 0 Å². The maximum absolute atomic E-state index is 12.8. The number of hydrogen-bond acceptors (Lipinski definition) is 3. The van der Waals surface area contributed by atoms with E-state index in [0.29, 0.717) is 13.1 Å². The SMILES string of the molecule is COc1cccc(C(CNC(=O)Cn2c(C)cc3ccccc32)N2CCCC2)c1. The number of ether oxygens (including phenoxy) is 1. The molecule has 29 heavy (non-hydrogen) atoms. The Morgan fingerprint density at radius 1 is 1.10 bits per heavy atom. The van der Waals surface area contributed by atoms with Crippen LogP contribution in [0.2, 0.25) is 0 Å². The molecule has 2 aromatic carbocycles. The number of rotatable bonds is 7. The largest absolute Gasteiger partial charge is 0.497 e. The van der Waals surface area contributed by atoms with E-state index in [-0.39, 0.29) is 11.9 Å². The minimum absolute atomic E-state index is 0.0431. The van der Waals surface area contributed by atoms with Gasteiger partial charge in [-0.05, 0) is 68.1 Å². The van der Waals surface area contributed by atoms with Gasteiger partial charge in [0.05, 0.1) is 13.2 Å². The zero-order valence-electron chi connectivity index (χ0n) is 17.2. The van der Waals surface area contributed by atoms with E-state index in [4.69, 9.17) is 4.74 Å². The summed E-state index contributed by atoms with van der Waals surface area (Å²) in [7, 11) is 1.69. The molecule has 1 unspecified atom stereocenters. The average molecular weight is 392 g/mol. The third-order valence-corrected chi connectivity index (χ3v) is 5.87. The molecule has 1 fully saturated rings. The summed E-state index contributed by atoms with van der Waals surface area (Å²) in [6.07, 6.45) is 2.42. The molecule has 1 atom stereocenters. The zero-order valence-corrected chi connectivity index (χ0v) is 17.2. The van der Waals surface area contributed by atoms with Gasteiger partial charge in [-0.3, -0.25) is 9.69 Å². The molecule has 5 nitrogen and oxygen atoms in total. The first kappa shape index (κ1) is 19.5. The molecule has 152 valence electrons. The van der Waals surface area contributed by atoms with Gasteiger partial charge in [0.15, 0.2) is 0 Å². The van der Waals surface area contributed by atoms with Gasteiger partial charge in [0.2, 0.25) is 5.91 Å². The Kier molecular flexibility index (Phi) is 5.86. The Morgan fingerprint density at radius 2 is 1.90 bits per heavy atom. The van der Waals surface area contributed by atoms with Gasteiger partial charge in [-0.15, -0.1) is 0 Å². The summed E-state index contributed by atoms with van der Waals surface area (Å²) in [5.41, 5.74) is 3.39. The summed E-state index contributed by atoms with van der Waals surface area (Å²) in [6, 6.07) is 18.7. The lowest BCUT2D eigenvalue weighted by Crippen LogP contribution is -2.38. The van der Waals surface area contributed by atoms with Gasteiger partial charge in [-0.1, -0.05) is 30.3 Å². The Bertz CT molecular complexity index is 989. The summed E-state index contributed by atoms with van der Waals surface area (Å²) >= 11 is 0. The number of nitrogens with one attached hydrogen (secondary N) is 1. The molecular formula is C24H29N3O2. The highest BCUT2D eigenvalue weighted by Gasteiger charge is 2.24. The van der Waals surface area contributed by atoms with Gasteiger partial charge < -0.3 is 14.6 Å². The van der Waals surface area contributed by atoms with Crippen LogP contribution in [0.4, 0.5) is 0 Å². The lowest BCUT2D eigenvalue weighted by molar-refractivity contribution is -0.121. The van der Waals surface area contributed by atoms with Crippen molar-refractivity contribution in [3.63, 3.8) is 0 Å². The highest BCUT2D eigenvalue weighted by atomic mass is 16.5. The Morgan fingerprint density at radius 3 is 2.69 bits per heavy atom. The van der Waals surface area contributed by atoms with Crippen LogP contribution in [0.15, 0.2) is 54.6 Å². The fourth-order valence-corrected chi connectivity index (χ4v) is 4.33. The molecule has 1 aliphatic heterocycles. The van der Waals surface area contributed by atoms with Crippen molar-refractivity contribution in [1.29, 1.82) is 0 Å². The van der Waals surface area contributed by atoms with Crippen LogP contribution in [0, 0.1) is 6.92 Å². The molecule has 1 saturated heterocycles. The molecule has 1 amide bonds. The zero-order chi connectivity index (χ0) is 20.2. The minimum Gasteiger partial charge on any atom is -0.497 e. The van der Waals surface area contributed by atoms with E-state index in [1.54, 1.807) is 7.11 Å². The lowest BCUT2D eigenvalue weighted by atomic mass is 10.0. The lowest BCUT2D eigenvalue weighted by Gasteiger charge is -2.28. The number of methoxy groups -OCH3 is 1. The monoisotopic (exact) mass is 391 g/mol.